The van der Waals surface area contributed by atoms with Crippen molar-refractivity contribution in [3.63, 3.8) is 0 Å². The van der Waals surface area contributed by atoms with E-state index in [0.717, 1.165) is 27.7 Å². The summed E-state index contributed by atoms with van der Waals surface area (Å²) < 4.78 is 3.04. The molecule has 0 amide bonds. The second-order valence-electron chi connectivity index (χ2n) is 4.05. The van der Waals surface area contributed by atoms with Crippen LogP contribution in [-0.4, -0.2) is 14.5 Å². The number of benzene rings is 1. The third-order valence-corrected chi connectivity index (χ3v) is 4.30. The number of nitrogens with two attached hydrogens (primary N) is 1. The molecule has 0 saturated carbocycles. The maximum Gasteiger partial charge on any atom is 0.201 e. The van der Waals surface area contributed by atoms with Gasteiger partial charge in [0, 0.05) is 9.35 Å². The molecule has 0 radical (unpaired) electrons. The number of hydrogen-bond acceptors (Lipinski definition) is 4. The summed E-state index contributed by atoms with van der Waals surface area (Å²) >= 11 is 5.12. The molecule has 4 nitrogen and oxygen atoms in total. The van der Waals surface area contributed by atoms with Crippen molar-refractivity contribution in [2.45, 2.75) is 13.5 Å². The van der Waals surface area contributed by atoms with E-state index in [2.05, 4.69) is 25.9 Å². The SMILES string of the molecule is Cc1ncsc1Cn1c(N)nc2ccc(Br)cc21. The zero-order valence-corrected chi connectivity index (χ0v) is 12.1. The molecule has 0 aliphatic rings. The Labute approximate surface area is 117 Å². The number of rotatable bonds is 2. The predicted octanol–water partition coefficient (Wildman–Crippen LogP) is 3.19. The van der Waals surface area contributed by atoms with Gasteiger partial charge in [-0.15, -0.1) is 11.3 Å². The standard InChI is InChI=1S/C12H11BrN4S/c1-7-11(18-6-15-7)5-17-10-4-8(13)2-3-9(10)16-12(17)14/h2-4,6H,5H2,1H3,(H2,14,16). The maximum atomic E-state index is 5.99. The lowest BCUT2D eigenvalue weighted by atomic mass is 10.3. The molecule has 3 aromatic rings. The average molecular weight is 323 g/mol. The first kappa shape index (κ1) is 11.7. The molecule has 0 aliphatic heterocycles. The Morgan fingerprint density at radius 3 is 3.00 bits per heavy atom. The zero-order valence-electron chi connectivity index (χ0n) is 9.72. The van der Waals surface area contributed by atoms with Gasteiger partial charge in [0.05, 0.1) is 28.8 Å². The van der Waals surface area contributed by atoms with Gasteiger partial charge in [0.25, 0.3) is 0 Å². The van der Waals surface area contributed by atoms with Crippen LogP contribution in [-0.2, 0) is 6.54 Å². The van der Waals surface area contributed by atoms with E-state index in [-0.39, 0.29) is 0 Å². The molecule has 0 saturated heterocycles. The fourth-order valence-electron chi connectivity index (χ4n) is 1.90. The number of thiazole rings is 1. The van der Waals surface area contributed by atoms with E-state index in [1.54, 1.807) is 11.3 Å². The number of anilines is 1. The highest BCUT2D eigenvalue weighted by Gasteiger charge is 2.11. The number of aryl methyl sites for hydroxylation is 1. The van der Waals surface area contributed by atoms with Gasteiger partial charge in [0.1, 0.15) is 0 Å². The van der Waals surface area contributed by atoms with Crippen LogP contribution in [0.15, 0.2) is 28.2 Å². The zero-order chi connectivity index (χ0) is 12.7. The highest BCUT2D eigenvalue weighted by molar-refractivity contribution is 9.10. The Morgan fingerprint density at radius 1 is 1.44 bits per heavy atom. The van der Waals surface area contributed by atoms with Crippen LogP contribution in [0.4, 0.5) is 5.95 Å². The lowest BCUT2D eigenvalue weighted by Crippen LogP contribution is -2.04. The van der Waals surface area contributed by atoms with Gasteiger partial charge in [-0.05, 0) is 25.1 Å². The second-order valence-corrected chi connectivity index (χ2v) is 5.91. The van der Waals surface area contributed by atoms with E-state index in [4.69, 9.17) is 5.73 Å². The van der Waals surface area contributed by atoms with Gasteiger partial charge in [-0.1, -0.05) is 15.9 Å². The Kier molecular flexibility index (Phi) is 2.83. The fourth-order valence-corrected chi connectivity index (χ4v) is 3.02. The molecule has 0 spiro atoms. The number of nitrogens with zero attached hydrogens (tertiary/aromatic N) is 3. The number of nitrogen functional groups attached to an aromatic ring is 1. The molecule has 0 unspecified atom stereocenters. The molecule has 0 atom stereocenters. The Hall–Kier alpha value is -1.40. The van der Waals surface area contributed by atoms with E-state index >= 15 is 0 Å². The molecule has 1 aromatic carbocycles. The smallest absolute Gasteiger partial charge is 0.201 e. The minimum Gasteiger partial charge on any atom is -0.369 e. The van der Waals surface area contributed by atoms with Crippen LogP contribution in [0, 0.1) is 6.92 Å². The quantitative estimate of drug-likeness (QED) is 0.788. The highest BCUT2D eigenvalue weighted by Crippen LogP contribution is 2.24. The molecule has 3 rings (SSSR count). The van der Waals surface area contributed by atoms with Crippen molar-refractivity contribution in [1.82, 2.24) is 14.5 Å². The molecular formula is C12H11BrN4S. The summed E-state index contributed by atoms with van der Waals surface area (Å²) in [5, 5.41) is 0. The normalized spacial score (nSPS) is 11.2. The topological polar surface area (TPSA) is 56.7 Å². The summed E-state index contributed by atoms with van der Waals surface area (Å²) in [6, 6.07) is 5.97. The molecule has 0 fully saturated rings. The van der Waals surface area contributed by atoms with Gasteiger partial charge >= 0.3 is 0 Å². The predicted molar refractivity (Wildman–Crippen MR) is 77.8 cm³/mol. The summed E-state index contributed by atoms with van der Waals surface area (Å²) in [6.07, 6.45) is 0. The van der Waals surface area contributed by atoms with E-state index < -0.39 is 0 Å². The van der Waals surface area contributed by atoms with Crippen molar-refractivity contribution in [3.05, 3.63) is 38.8 Å². The summed E-state index contributed by atoms with van der Waals surface area (Å²) in [5.74, 6) is 0.538. The van der Waals surface area contributed by atoms with E-state index in [1.165, 1.54) is 4.88 Å². The first-order chi connectivity index (χ1) is 8.65. The molecule has 92 valence electrons. The largest absolute Gasteiger partial charge is 0.369 e. The van der Waals surface area contributed by atoms with E-state index in [0.29, 0.717) is 5.95 Å². The fraction of sp³-hybridized carbons (Fsp3) is 0.167. The Balaban J connectivity index is 2.13. The van der Waals surface area contributed by atoms with Gasteiger partial charge in [-0.2, -0.15) is 0 Å². The lowest BCUT2D eigenvalue weighted by molar-refractivity contribution is 0.843. The highest BCUT2D eigenvalue weighted by atomic mass is 79.9. The Bertz CT molecular complexity index is 716. The number of hydrogen-bond donors (Lipinski definition) is 1. The van der Waals surface area contributed by atoms with Crippen molar-refractivity contribution in [1.29, 1.82) is 0 Å². The molecule has 2 heterocycles. The second kappa shape index (κ2) is 4.37. The molecule has 18 heavy (non-hydrogen) atoms. The van der Waals surface area contributed by atoms with Crippen molar-refractivity contribution in [2.24, 2.45) is 0 Å². The minimum atomic E-state index is 0.538. The molecule has 6 heteroatoms. The Morgan fingerprint density at radius 2 is 2.28 bits per heavy atom. The van der Waals surface area contributed by atoms with Crippen LogP contribution < -0.4 is 5.73 Å². The first-order valence-electron chi connectivity index (χ1n) is 5.45. The minimum absolute atomic E-state index is 0.538. The number of imidazole rings is 1. The van der Waals surface area contributed by atoms with Crippen LogP contribution in [0.25, 0.3) is 11.0 Å². The van der Waals surface area contributed by atoms with Crippen molar-refractivity contribution >= 4 is 44.2 Å². The third-order valence-electron chi connectivity index (χ3n) is 2.89. The van der Waals surface area contributed by atoms with Gasteiger partial charge in [-0.3, -0.25) is 0 Å². The summed E-state index contributed by atoms with van der Waals surface area (Å²) in [5.41, 5.74) is 10.9. The van der Waals surface area contributed by atoms with Gasteiger partial charge in [0.15, 0.2) is 0 Å². The molecular weight excluding hydrogens is 312 g/mol. The first-order valence-corrected chi connectivity index (χ1v) is 7.12. The van der Waals surface area contributed by atoms with Crippen LogP contribution in [0.1, 0.15) is 10.6 Å². The molecule has 0 aliphatic carbocycles. The van der Waals surface area contributed by atoms with Crippen LogP contribution in [0.5, 0.6) is 0 Å². The average Bonchev–Trinajstić information content (AvgIpc) is 2.86. The van der Waals surface area contributed by atoms with Crippen molar-refractivity contribution in [3.8, 4) is 0 Å². The van der Waals surface area contributed by atoms with Gasteiger partial charge < -0.3 is 10.3 Å². The lowest BCUT2D eigenvalue weighted by Gasteiger charge is -2.05. The number of fused-ring (bicyclic) bond motifs is 1. The van der Waals surface area contributed by atoms with Crippen LogP contribution in [0.2, 0.25) is 0 Å². The molecule has 0 bridgehead atoms. The van der Waals surface area contributed by atoms with E-state index in [9.17, 15) is 0 Å². The third kappa shape index (κ3) is 1.91. The van der Waals surface area contributed by atoms with Crippen molar-refractivity contribution in [2.75, 3.05) is 5.73 Å². The van der Waals surface area contributed by atoms with E-state index in [1.807, 2.05) is 35.2 Å². The number of halogens is 1. The molecule has 2 N–H and O–H groups in total. The summed E-state index contributed by atoms with van der Waals surface area (Å²) in [4.78, 5) is 9.84. The summed E-state index contributed by atoms with van der Waals surface area (Å²) in [7, 11) is 0. The molecule has 2 aromatic heterocycles. The number of aromatic nitrogens is 3. The van der Waals surface area contributed by atoms with Gasteiger partial charge in [-0.25, -0.2) is 9.97 Å². The summed E-state index contributed by atoms with van der Waals surface area (Å²) in [6.45, 7) is 2.73. The van der Waals surface area contributed by atoms with Crippen LogP contribution in [0.3, 0.4) is 0 Å². The van der Waals surface area contributed by atoms with Gasteiger partial charge in [0.2, 0.25) is 5.95 Å². The monoisotopic (exact) mass is 322 g/mol. The maximum absolute atomic E-state index is 5.99. The van der Waals surface area contributed by atoms with Crippen molar-refractivity contribution < 1.29 is 0 Å². The van der Waals surface area contributed by atoms with Crippen LogP contribution >= 0.6 is 27.3 Å².